The van der Waals surface area contributed by atoms with Crippen LogP contribution in [0.15, 0.2) is 24.4 Å². The van der Waals surface area contributed by atoms with Crippen LogP contribution in [0.2, 0.25) is 0 Å². The monoisotopic (exact) mass is 236 g/mol. The molecule has 1 N–H and O–H groups in total. The first-order valence-electron chi connectivity index (χ1n) is 5.55. The Morgan fingerprint density at radius 3 is 2.88 bits per heavy atom. The van der Waals surface area contributed by atoms with Crippen molar-refractivity contribution in [2.45, 2.75) is 31.4 Å². The van der Waals surface area contributed by atoms with E-state index in [1.54, 1.807) is 13.3 Å². The van der Waals surface area contributed by atoms with Crippen molar-refractivity contribution in [3.05, 3.63) is 30.1 Å². The van der Waals surface area contributed by atoms with Gasteiger partial charge in [0.05, 0.1) is 5.69 Å². The average molecular weight is 236 g/mol. The van der Waals surface area contributed by atoms with E-state index in [4.69, 9.17) is 17.0 Å². The van der Waals surface area contributed by atoms with Crippen LogP contribution in [0, 0.1) is 0 Å². The number of rotatable bonds is 4. The summed E-state index contributed by atoms with van der Waals surface area (Å²) < 4.78 is 5.40. The Balaban J connectivity index is 2.01. The van der Waals surface area contributed by atoms with E-state index >= 15 is 0 Å². The molecule has 0 saturated heterocycles. The number of thiocarbonyl (C=S) groups is 1. The second-order valence-electron chi connectivity index (χ2n) is 4.01. The van der Waals surface area contributed by atoms with Crippen molar-refractivity contribution < 1.29 is 4.74 Å². The van der Waals surface area contributed by atoms with Gasteiger partial charge in [-0.05, 0) is 31.4 Å². The third-order valence-electron chi connectivity index (χ3n) is 2.88. The molecule has 1 aliphatic carbocycles. The van der Waals surface area contributed by atoms with Gasteiger partial charge in [-0.3, -0.25) is 4.98 Å². The average Bonchev–Trinajstić information content (AvgIpc) is 2.26. The van der Waals surface area contributed by atoms with Crippen LogP contribution >= 0.6 is 12.2 Å². The highest BCUT2D eigenvalue weighted by atomic mass is 32.1. The van der Waals surface area contributed by atoms with Crippen LogP contribution in [0.25, 0.3) is 0 Å². The molecule has 1 aromatic heterocycles. The van der Waals surface area contributed by atoms with Gasteiger partial charge in [-0.15, -0.1) is 0 Å². The topological polar surface area (TPSA) is 34.1 Å². The van der Waals surface area contributed by atoms with E-state index in [0.717, 1.165) is 10.7 Å². The van der Waals surface area contributed by atoms with Gasteiger partial charge in [-0.2, -0.15) is 0 Å². The summed E-state index contributed by atoms with van der Waals surface area (Å²) in [5.74, 6) is 0. The number of methoxy groups -OCH3 is 1. The molecule has 0 spiro atoms. The summed E-state index contributed by atoms with van der Waals surface area (Å²) in [7, 11) is 1.66. The maximum atomic E-state index is 5.40. The van der Waals surface area contributed by atoms with E-state index in [9.17, 15) is 0 Å². The molecule has 1 heterocycles. The molecule has 0 aliphatic heterocycles. The standard InChI is InChI=1S/C12H16N2OS/c1-15-11(10-7-2-3-8-13-10)12(16)14-9-5-4-6-9/h2-3,7-9,11H,4-6H2,1H3,(H,14,16). The summed E-state index contributed by atoms with van der Waals surface area (Å²) in [5.41, 5.74) is 0.863. The third kappa shape index (κ3) is 2.57. The lowest BCUT2D eigenvalue weighted by atomic mass is 9.93. The molecule has 2 rings (SSSR count). The minimum atomic E-state index is -0.225. The Bertz CT molecular complexity index is 351. The van der Waals surface area contributed by atoms with Gasteiger partial charge in [0.15, 0.2) is 0 Å². The quantitative estimate of drug-likeness (QED) is 0.813. The molecule has 1 saturated carbocycles. The number of hydrogen-bond donors (Lipinski definition) is 1. The van der Waals surface area contributed by atoms with Crippen molar-refractivity contribution in [2.75, 3.05) is 7.11 Å². The zero-order valence-corrected chi connectivity index (χ0v) is 10.2. The molecular formula is C12H16N2OS. The Morgan fingerprint density at radius 2 is 2.38 bits per heavy atom. The summed E-state index contributed by atoms with van der Waals surface area (Å²) in [6.07, 6.45) is 5.24. The first-order chi connectivity index (χ1) is 7.81. The maximum absolute atomic E-state index is 5.40. The summed E-state index contributed by atoms with van der Waals surface area (Å²) >= 11 is 5.36. The molecule has 0 aromatic carbocycles. The smallest absolute Gasteiger partial charge is 0.149 e. The van der Waals surface area contributed by atoms with Crippen molar-refractivity contribution >= 4 is 17.2 Å². The molecule has 0 amide bonds. The van der Waals surface area contributed by atoms with Crippen LogP contribution in [0.1, 0.15) is 31.1 Å². The fraction of sp³-hybridized carbons (Fsp3) is 0.500. The summed E-state index contributed by atoms with van der Waals surface area (Å²) in [6.45, 7) is 0. The first-order valence-corrected chi connectivity index (χ1v) is 5.96. The van der Waals surface area contributed by atoms with Crippen molar-refractivity contribution in [3.63, 3.8) is 0 Å². The van der Waals surface area contributed by atoms with Crippen molar-refractivity contribution in [3.8, 4) is 0 Å². The highest BCUT2D eigenvalue weighted by molar-refractivity contribution is 7.80. The Hall–Kier alpha value is -1.00. The van der Waals surface area contributed by atoms with Gasteiger partial charge in [-0.1, -0.05) is 18.3 Å². The molecule has 16 heavy (non-hydrogen) atoms. The molecule has 0 bridgehead atoms. The van der Waals surface area contributed by atoms with E-state index in [1.165, 1.54) is 19.3 Å². The summed E-state index contributed by atoms with van der Waals surface area (Å²) in [5, 5.41) is 3.33. The molecule has 3 nitrogen and oxygen atoms in total. The minimum absolute atomic E-state index is 0.225. The largest absolute Gasteiger partial charge is 0.374 e. The highest BCUT2D eigenvalue weighted by Gasteiger charge is 2.23. The zero-order chi connectivity index (χ0) is 11.4. The highest BCUT2D eigenvalue weighted by Crippen LogP contribution is 2.21. The van der Waals surface area contributed by atoms with Crippen LogP contribution in [0.3, 0.4) is 0 Å². The number of hydrogen-bond acceptors (Lipinski definition) is 3. The molecular weight excluding hydrogens is 220 g/mol. The molecule has 1 fully saturated rings. The molecule has 1 unspecified atom stereocenters. The maximum Gasteiger partial charge on any atom is 0.149 e. The fourth-order valence-corrected chi connectivity index (χ4v) is 2.11. The van der Waals surface area contributed by atoms with Gasteiger partial charge < -0.3 is 10.1 Å². The Morgan fingerprint density at radius 1 is 1.56 bits per heavy atom. The Labute approximate surface area is 101 Å². The van der Waals surface area contributed by atoms with E-state index in [2.05, 4.69) is 10.3 Å². The van der Waals surface area contributed by atoms with E-state index in [-0.39, 0.29) is 6.10 Å². The summed E-state index contributed by atoms with van der Waals surface area (Å²) in [6, 6.07) is 6.30. The van der Waals surface area contributed by atoms with Crippen molar-refractivity contribution in [1.29, 1.82) is 0 Å². The van der Waals surface area contributed by atoms with Gasteiger partial charge in [0.2, 0.25) is 0 Å². The molecule has 1 atom stereocenters. The van der Waals surface area contributed by atoms with Gasteiger partial charge in [0.25, 0.3) is 0 Å². The number of nitrogens with zero attached hydrogens (tertiary/aromatic N) is 1. The minimum Gasteiger partial charge on any atom is -0.374 e. The van der Waals surface area contributed by atoms with Gasteiger partial charge in [0, 0.05) is 19.3 Å². The number of aromatic nitrogens is 1. The molecule has 4 heteroatoms. The molecule has 1 aliphatic rings. The predicted octanol–water partition coefficient (Wildman–Crippen LogP) is 2.24. The predicted molar refractivity (Wildman–Crippen MR) is 67.4 cm³/mol. The van der Waals surface area contributed by atoms with Crippen LogP contribution in [-0.4, -0.2) is 23.1 Å². The van der Waals surface area contributed by atoms with Crippen LogP contribution in [0.4, 0.5) is 0 Å². The van der Waals surface area contributed by atoms with Crippen molar-refractivity contribution in [2.24, 2.45) is 0 Å². The lowest BCUT2D eigenvalue weighted by Gasteiger charge is -2.29. The second-order valence-corrected chi connectivity index (χ2v) is 4.45. The normalized spacial score (nSPS) is 17.6. The fourth-order valence-electron chi connectivity index (χ4n) is 1.72. The van der Waals surface area contributed by atoms with E-state index < -0.39 is 0 Å². The lowest BCUT2D eigenvalue weighted by Crippen LogP contribution is -2.41. The first kappa shape index (κ1) is 11.5. The summed E-state index contributed by atoms with van der Waals surface area (Å²) in [4.78, 5) is 5.01. The number of pyridine rings is 1. The van der Waals surface area contributed by atoms with Gasteiger partial charge >= 0.3 is 0 Å². The molecule has 0 radical (unpaired) electrons. The third-order valence-corrected chi connectivity index (χ3v) is 3.21. The SMILES string of the molecule is COC(C(=S)NC1CCC1)c1ccccn1. The zero-order valence-electron chi connectivity index (χ0n) is 9.35. The molecule has 86 valence electrons. The lowest BCUT2D eigenvalue weighted by molar-refractivity contribution is 0.151. The van der Waals surface area contributed by atoms with Gasteiger partial charge in [0.1, 0.15) is 11.1 Å². The second kappa shape index (κ2) is 5.37. The Kier molecular flexibility index (Phi) is 3.85. The van der Waals surface area contributed by atoms with Gasteiger partial charge in [-0.25, -0.2) is 0 Å². The molecule has 1 aromatic rings. The number of nitrogens with one attached hydrogen (secondary N) is 1. The van der Waals surface area contributed by atoms with Crippen LogP contribution in [0.5, 0.6) is 0 Å². The van der Waals surface area contributed by atoms with E-state index in [1.807, 2.05) is 18.2 Å². The van der Waals surface area contributed by atoms with Crippen LogP contribution < -0.4 is 5.32 Å². The van der Waals surface area contributed by atoms with Crippen molar-refractivity contribution in [1.82, 2.24) is 10.3 Å². The van der Waals surface area contributed by atoms with E-state index in [0.29, 0.717) is 6.04 Å². The number of ether oxygens (including phenoxy) is 1. The van der Waals surface area contributed by atoms with Crippen LogP contribution in [-0.2, 0) is 4.74 Å².